The molecule has 0 atom stereocenters. The van der Waals surface area contributed by atoms with Crippen LogP contribution < -0.4 is 34.7 Å². The monoisotopic (exact) mass is 246 g/mol. The largest absolute Gasteiger partial charge is 1.00 e. The van der Waals surface area contributed by atoms with Gasteiger partial charge in [0.25, 0.3) is 0 Å². The zero-order valence-corrected chi connectivity index (χ0v) is 12.5. The summed E-state index contributed by atoms with van der Waals surface area (Å²) in [4.78, 5) is 10.4. The average Bonchev–Trinajstić information content (AvgIpc) is 2.23. The predicted octanol–water partition coefficient (Wildman–Crippen LogP) is -1.15. The van der Waals surface area contributed by atoms with Crippen molar-refractivity contribution in [3.05, 3.63) is 35.1 Å². The van der Waals surface area contributed by atoms with Gasteiger partial charge in [0.1, 0.15) is 5.82 Å². The topological polar surface area (TPSA) is 40.1 Å². The fraction of sp³-hybridized carbons (Fsp3) is 0.462. The Morgan fingerprint density at radius 1 is 1.29 bits per heavy atom. The molecule has 0 aromatic heterocycles. The van der Waals surface area contributed by atoms with E-state index in [1.807, 2.05) is 0 Å². The van der Waals surface area contributed by atoms with Crippen molar-refractivity contribution in [1.29, 1.82) is 0 Å². The number of aliphatic carboxylic acids is 1. The van der Waals surface area contributed by atoms with Crippen LogP contribution in [0.5, 0.6) is 0 Å². The first-order chi connectivity index (χ1) is 7.65. The number of carboxylic acids is 1. The molecular weight excluding hydrogens is 230 g/mol. The fourth-order valence-electron chi connectivity index (χ4n) is 1.68. The number of benzene rings is 1. The molecule has 0 bridgehead atoms. The summed E-state index contributed by atoms with van der Waals surface area (Å²) in [6, 6.07) is 4.90. The number of rotatable bonds is 6. The first kappa shape index (κ1) is 16.6. The van der Waals surface area contributed by atoms with E-state index in [2.05, 4.69) is 6.92 Å². The number of hydrogen-bond acceptors (Lipinski definition) is 2. The van der Waals surface area contributed by atoms with E-state index in [1.165, 1.54) is 6.07 Å². The molecule has 0 heterocycles. The Kier molecular flexibility index (Phi) is 8.48. The number of hydrogen-bond donors (Lipinski definition) is 0. The number of aryl methyl sites for hydroxylation is 1. The smallest absolute Gasteiger partial charge is 0.550 e. The van der Waals surface area contributed by atoms with Gasteiger partial charge < -0.3 is 9.90 Å². The third-order valence-electron chi connectivity index (χ3n) is 2.54. The van der Waals surface area contributed by atoms with Crippen molar-refractivity contribution in [3.63, 3.8) is 0 Å². The minimum absolute atomic E-state index is 0. The first-order valence-electron chi connectivity index (χ1n) is 5.61. The minimum atomic E-state index is -1.25. The van der Waals surface area contributed by atoms with Crippen molar-refractivity contribution in [2.24, 2.45) is 0 Å². The van der Waals surface area contributed by atoms with Crippen molar-refractivity contribution >= 4 is 5.97 Å². The van der Waals surface area contributed by atoms with Crippen LogP contribution in [0.4, 0.5) is 4.39 Å². The molecular formula is C13H16FNaO2. The van der Waals surface area contributed by atoms with E-state index in [-0.39, 0.29) is 47.4 Å². The van der Waals surface area contributed by atoms with Crippen LogP contribution >= 0.6 is 0 Å². The first-order valence-corrected chi connectivity index (χ1v) is 5.61. The van der Waals surface area contributed by atoms with Gasteiger partial charge in [0, 0.05) is 12.4 Å². The summed E-state index contributed by atoms with van der Waals surface area (Å²) in [6.45, 7) is 2.09. The number of carbonyl (C=O) groups is 1. The van der Waals surface area contributed by atoms with Gasteiger partial charge >= 0.3 is 29.6 Å². The summed E-state index contributed by atoms with van der Waals surface area (Å²) < 4.78 is 13.8. The molecule has 0 unspecified atom stereocenters. The van der Waals surface area contributed by atoms with Gasteiger partial charge in [0.2, 0.25) is 0 Å². The van der Waals surface area contributed by atoms with E-state index in [4.69, 9.17) is 0 Å². The Labute approximate surface area is 124 Å². The molecule has 2 nitrogen and oxygen atoms in total. The van der Waals surface area contributed by atoms with Crippen LogP contribution in [0.15, 0.2) is 18.2 Å². The van der Waals surface area contributed by atoms with Crippen molar-refractivity contribution in [3.8, 4) is 0 Å². The second kappa shape index (κ2) is 8.67. The normalized spacial score (nSPS) is 9.76. The maximum atomic E-state index is 13.8. The number of unbranched alkanes of at least 4 members (excludes halogenated alkanes) is 2. The Morgan fingerprint density at radius 3 is 2.53 bits per heavy atom. The van der Waals surface area contributed by atoms with Crippen LogP contribution in [0.2, 0.25) is 0 Å². The Hall–Kier alpha value is -0.380. The fourth-order valence-corrected chi connectivity index (χ4v) is 1.68. The number of carboxylic acid groups (broad SMARTS) is 1. The molecule has 0 N–H and O–H groups in total. The molecule has 0 saturated carbocycles. The Morgan fingerprint density at radius 2 is 1.94 bits per heavy atom. The van der Waals surface area contributed by atoms with Gasteiger partial charge in [0.05, 0.1) is 0 Å². The van der Waals surface area contributed by atoms with E-state index >= 15 is 0 Å². The molecule has 0 radical (unpaired) electrons. The van der Waals surface area contributed by atoms with Gasteiger partial charge in [-0.15, -0.1) is 0 Å². The molecule has 1 aromatic carbocycles. The van der Waals surface area contributed by atoms with E-state index in [9.17, 15) is 14.3 Å². The van der Waals surface area contributed by atoms with Gasteiger partial charge in [-0.3, -0.25) is 0 Å². The van der Waals surface area contributed by atoms with Gasteiger partial charge in [0.15, 0.2) is 0 Å². The minimum Gasteiger partial charge on any atom is -0.550 e. The maximum absolute atomic E-state index is 13.8. The third-order valence-corrected chi connectivity index (χ3v) is 2.54. The molecule has 0 saturated heterocycles. The SMILES string of the molecule is CCCCCc1cccc(CC(=O)[O-])c1F.[Na+]. The molecule has 4 heteroatoms. The van der Waals surface area contributed by atoms with Crippen LogP contribution in [0, 0.1) is 5.82 Å². The van der Waals surface area contributed by atoms with Crippen molar-refractivity contribution < 1.29 is 43.8 Å². The average molecular weight is 246 g/mol. The van der Waals surface area contributed by atoms with Gasteiger partial charge in [-0.25, -0.2) is 4.39 Å². The second-order valence-electron chi connectivity index (χ2n) is 3.90. The molecule has 0 spiro atoms. The third kappa shape index (κ3) is 5.66. The molecule has 0 aliphatic rings. The predicted molar refractivity (Wildman–Crippen MR) is 58.3 cm³/mol. The molecule has 88 valence electrons. The zero-order chi connectivity index (χ0) is 12.0. The molecule has 1 rings (SSSR count). The summed E-state index contributed by atoms with van der Waals surface area (Å²) in [7, 11) is 0. The van der Waals surface area contributed by atoms with Crippen LogP contribution in [-0.4, -0.2) is 5.97 Å². The molecule has 0 amide bonds. The van der Waals surface area contributed by atoms with E-state index < -0.39 is 5.97 Å². The molecule has 17 heavy (non-hydrogen) atoms. The number of halogens is 1. The molecule has 0 fully saturated rings. The molecule has 0 aliphatic carbocycles. The van der Waals surface area contributed by atoms with Gasteiger partial charge in [-0.1, -0.05) is 38.0 Å². The van der Waals surface area contributed by atoms with E-state index in [0.717, 1.165) is 19.3 Å². The van der Waals surface area contributed by atoms with Gasteiger partial charge in [-0.2, -0.15) is 0 Å². The van der Waals surface area contributed by atoms with E-state index in [1.54, 1.807) is 12.1 Å². The van der Waals surface area contributed by atoms with E-state index in [0.29, 0.717) is 12.0 Å². The quantitative estimate of drug-likeness (QED) is 0.470. The summed E-state index contributed by atoms with van der Waals surface area (Å²) in [5.74, 6) is -1.63. The van der Waals surface area contributed by atoms with Crippen LogP contribution in [0.1, 0.15) is 37.3 Å². The van der Waals surface area contributed by atoms with Crippen molar-refractivity contribution in [1.82, 2.24) is 0 Å². The summed E-state index contributed by atoms with van der Waals surface area (Å²) in [6.07, 6.45) is 3.39. The Bertz CT molecular complexity index is 366. The van der Waals surface area contributed by atoms with Crippen LogP contribution in [0.3, 0.4) is 0 Å². The zero-order valence-electron chi connectivity index (χ0n) is 10.5. The van der Waals surface area contributed by atoms with Crippen LogP contribution in [0.25, 0.3) is 0 Å². The van der Waals surface area contributed by atoms with Crippen LogP contribution in [-0.2, 0) is 17.6 Å². The van der Waals surface area contributed by atoms with Crippen molar-refractivity contribution in [2.75, 3.05) is 0 Å². The van der Waals surface area contributed by atoms with Crippen molar-refractivity contribution in [2.45, 2.75) is 39.0 Å². The summed E-state index contributed by atoms with van der Waals surface area (Å²) in [5.41, 5.74) is 0.821. The standard InChI is InChI=1S/C13H17FO2.Na/c1-2-3-4-6-10-7-5-8-11(13(10)14)9-12(15)16;/h5,7-8H,2-4,6,9H2,1H3,(H,15,16);/q;+1/p-1. The molecule has 1 aromatic rings. The summed E-state index contributed by atoms with van der Waals surface area (Å²) in [5, 5.41) is 10.4. The Balaban J connectivity index is 0.00000256. The van der Waals surface area contributed by atoms with Gasteiger partial charge in [-0.05, 0) is 24.0 Å². The second-order valence-corrected chi connectivity index (χ2v) is 3.90. The molecule has 0 aliphatic heterocycles. The number of carbonyl (C=O) groups excluding carboxylic acids is 1. The summed E-state index contributed by atoms with van der Waals surface area (Å²) >= 11 is 0. The maximum Gasteiger partial charge on any atom is 1.00 e.